The number of hydrogen-bond donors (Lipinski definition) is 3. The van der Waals surface area contributed by atoms with Gasteiger partial charge in [-0.15, -0.1) is 0 Å². The normalized spacial score (nSPS) is 10.3. The molecule has 20 heteroatoms. The van der Waals surface area contributed by atoms with Crippen molar-refractivity contribution < 1.29 is 60.4 Å². The standard InChI is InChI=1S/C44H33N2P.C33H26N2.C25H18N2O.C11H8O2.2CH3F.4F2/c1-6-18-33(19-7-1)32-46-43(36-23-10-3-11-24-36)42(35-21-8-2-9-22-35)45-44(46)41-39-29-17-16-20-34(39)30-31-40(41)47(37-25-12-4-13-26-37)38-27-14-5-15-28-38;1-24-21-22-26-15-11-12-20-29(26)30(24)33-34-31(27-16-7-3-8-17-27)32(28-18-9-4-10-19-28)35(33)23-25-13-5-2-6-14-25;28-21-16-15-17-9-7-8-14-20(17)22(21)25-26-23(18-10-3-1-4-11-18)24(27-25)19-12-5-2-6-13-19;12-7-10-9-4-2-1-3-8(9)5-6-11(10)13;6*1-2/h1-31H,32H2;2-22H,23H2,1H3;1-16,28H,(H,26,27);1-7,13H;2*1H3;;;;. The number of hydrogen-bond acceptors (Lipinski definition) is 6. The molecule has 21 aromatic rings. The number of aromatic nitrogens is 6. The Morgan fingerprint density at radius 3 is 0.993 bits per heavy atom. The summed E-state index contributed by atoms with van der Waals surface area (Å²) in [4.78, 5) is 30.2. The van der Waals surface area contributed by atoms with E-state index in [9.17, 15) is 23.8 Å². The van der Waals surface area contributed by atoms with E-state index in [1.54, 1.807) is 12.1 Å². The first kappa shape index (κ1) is 97.7. The molecule has 0 atom stereocenters. The molecule has 0 unspecified atom stereocenters. The van der Waals surface area contributed by atoms with E-state index in [2.05, 4.69) is 361 Å². The highest BCUT2D eigenvalue weighted by atomic mass is 31.1. The van der Waals surface area contributed by atoms with Crippen molar-refractivity contribution in [3.8, 4) is 113 Å². The van der Waals surface area contributed by atoms with Crippen molar-refractivity contribution in [3.63, 3.8) is 0 Å². The second-order valence-electron chi connectivity index (χ2n) is 30.1. The first-order valence-electron chi connectivity index (χ1n) is 42.6. The van der Waals surface area contributed by atoms with Gasteiger partial charge in [0, 0.05) is 94.2 Å². The molecule has 3 aromatic heterocycles. The van der Waals surface area contributed by atoms with Gasteiger partial charge in [-0.1, -0.05) is 437 Å². The van der Waals surface area contributed by atoms with Gasteiger partial charge in [0.2, 0.25) is 0 Å². The molecule has 21 rings (SSSR count). The predicted octanol–water partition coefficient (Wildman–Crippen LogP) is 31.4. The van der Waals surface area contributed by atoms with Gasteiger partial charge in [-0.05, 0) is 103 Å². The molecule has 674 valence electrons. The number of aldehydes is 1. The van der Waals surface area contributed by atoms with Gasteiger partial charge in [0.25, 0.3) is 0 Å². The van der Waals surface area contributed by atoms with Gasteiger partial charge < -0.3 is 24.3 Å². The summed E-state index contributed by atoms with van der Waals surface area (Å²) in [6, 6.07) is 155. The van der Waals surface area contributed by atoms with Crippen LogP contribution in [0.4, 0.5) is 45.4 Å². The summed E-state index contributed by atoms with van der Waals surface area (Å²) in [5.74, 6) is 2.89. The molecule has 0 amide bonds. The van der Waals surface area contributed by atoms with Crippen molar-refractivity contribution in [3.05, 3.63) is 471 Å². The molecular weight excluding hydrogens is 1730 g/mol. The molecule has 135 heavy (non-hydrogen) atoms. The van der Waals surface area contributed by atoms with Crippen LogP contribution in [0.25, 0.3) is 145 Å². The number of carbonyl (C=O) groups is 1. The van der Waals surface area contributed by atoms with E-state index in [1.165, 1.54) is 76.9 Å². The van der Waals surface area contributed by atoms with E-state index in [1.807, 2.05) is 91.0 Å². The molecule has 0 fully saturated rings. The fourth-order valence-corrected chi connectivity index (χ4v) is 18.9. The number of imidazole rings is 3. The van der Waals surface area contributed by atoms with Gasteiger partial charge in [0.05, 0.1) is 59.6 Å². The van der Waals surface area contributed by atoms with Gasteiger partial charge in [-0.25, -0.2) is 15.0 Å². The van der Waals surface area contributed by atoms with Crippen LogP contribution in [-0.2, 0) is 13.1 Å². The van der Waals surface area contributed by atoms with Gasteiger partial charge >= 0.3 is 0 Å². The van der Waals surface area contributed by atoms with E-state index in [0.29, 0.717) is 38.6 Å². The van der Waals surface area contributed by atoms with E-state index >= 15 is 0 Å². The zero-order valence-corrected chi connectivity index (χ0v) is 74.4. The lowest BCUT2D eigenvalue weighted by Gasteiger charge is -2.24. The Morgan fingerprint density at radius 2 is 0.593 bits per heavy atom. The number of alkyl halides is 2. The number of halogens is 10. The number of aromatic amines is 1. The molecule has 0 aliphatic carbocycles. The highest BCUT2D eigenvalue weighted by Gasteiger charge is 2.30. The van der Waals surface area contributed by atoms with Crippen LogP contribution in [0, 0.1) is 6.92 Å². The van der Waals surface area contributed by atoms with Crippen LogP contribution in [0.3, 0.4) is 0 Å². The van der Waals surface area contributed by atoms with Crippen molar-refractivity contribution in [2.75, 3.05) is 14.4 Å². The summed E-state index contributed by atoms with van der Waals surface area (Å²) < 4.78 is 87.9. The van der Waals surface area contributed by atoms with E-state index in [-0.39, 0.29) is 11.5 Å². The van der Waals surface area contributed by atoms with E-state index in [0.717, 1.165) is 107 Å². The van der Waals surface area contributed by atoms with Crippen LogP contribution < -0.4 is 15.9 Å². The van der Waals surface area contributed by atoms with Gasteiger partial charge in [-0.2, -0.15) is 0 Å². The summed E-state index contributed by atoms with van der Waals surface area (Å²) >= 11 is 0. The maximum Gasteiger partial charge on any atom is 0.154 e. The minimum atomic E-state index is -0.897. The second-order valence-corrected chi connectivity index (χ2v) is 32.3. The molecule has 0 radical (unpaired) electrons. The third-order valence-electron chi connectivity index (χ3n) is 22.3. The van der Waals surface area contributed by atoms with Crippen molar-refractivity contribution in [2.45, 2.75) is 20.0 Å². The van der Waals surface area contributed by atoms with Crippen molar-refractivity contribution >= 4 is 73.2 Å². The molecule has 0 aliphatic rings. The van der Waals surface area contributed by atoms with Gasteiger partial charge in [0.15, 0.2) is 6.29 Å². The number of phenols is 2. The lowest BCUT2D eigenvalue weighted by Crippen LogP contribution is -2.23. The molecule has 18 aromatic carbocycles. The number of nitrogens with one attached hydrogen (secondary N) is 1. The Morgan fingerprint density at radius 1 is 0.296 bits per heavy atom. The summed E-state index contributed by atoms with van der Waals surface area (Å²) in [5, 5.41) is 32.6. The first-order valence-corrected chi connectivity index (χ1v) is 43.9. The van der Waals surface area contributed by atoms with Crippen LogP contribution in [0.2, 0.25) is 0 Å². The van der Waals surface area contributed by atoms with E-state index in [4.69, 9.17) is 51.5 Å². The molecule has 3 N–H and O–H groups in total. The monoisotopic (exact) mass is 1820 g/mol. The number of H-pyrrole nitrogens is 1. The van der Waals surface area contributed by atoms with Crippen LogP contribution in [0.1, 0.15) is 27.0 Å². The molecule has 0 saturated carbocycles. The number of phenolic OH excluding ortho intramolecular Hbond substituents is 2. The fourth-order valence-electron chi connectivity index (χ4n) is 16.5. The maximum absolute atomic E-state index is 10.7. The van der Waals surface area contributed by atoms with Crippen LogP contribution >= 0.6 is 7.92 Å². The highest BCUT2D eigenvalue weighted by Crippen LogP contribution is 2.46. The van der Waals surface area contributed by atoms with Crippen LogP contribution in [-0.4, -0.2) is 59.9 Å². The summed E-state index contributed by atoms with van der Waals surface area (Å²) in [6.07, 6.45) is 0.678. The Hall–Kier alpha value is -16.4. The third kappa shape index (κ3) is 23.0. The van der Waals surface area contributed by atoms with Crippen molar-refractivity contribution in [1.29, 1.82) is 0 Å². The molecular formula is C115H91F10N6O3P. The largest absolute Gasteiger partial charge is 0.507 e. The zero-order chi connectivity index (χ0) is 95.2. The third-order valence-corrected chi connectivity index (χ3v) is 24.8. The quantitative estimate of drug-likeness (QED) is 0.0474. The fraction of sp³-hybridized carbons (Fsp3) is 0.0435. The summed E-state index contributed by atoms with van der Waals surface area (Å²) in [6.45, 7) is 3.62. The predicted molar refractivity (Wildman–Crippen MR) is 535 cm³/mol. The van der Waals surface area contributed by atoms with Gasteiger partial charge in [0.1, 0.15) is 29.0 Å². The molecule has 9 nitrogen and oxygen atoms in total. The van der Waals surface area contributed by atoms with Crippen molar-refractivity contribution in [1.82, 2.24) is 29.1 Å². The van der Waals surface area contributed by atoms with E-state index < -0.39 is 7.92 Å². The second kappa shape index (κ2) is 50.1. The summed E-state index contributed by atoms with van der Waals surface area (Å²) in [7, 11) is 0.103. The number of aromatic hydroxyl groups is 2. The Labute approximate surface area is 776 Å². The Kier molecular flexibility index (Phi) is 36.3. The number of benzene rings is 18. The Bertz CT molecular complexity index is 7150. The molecule has 0 saturated heterocycles. The minimum absolute atomic E-state index is 0.0358. The molecule has 0 aliphatic heterocycles. The summed E-state index contributed by atoms with van der Waals surface area (Å²) in [5.41, 5.74) is 19.9. The maximum atomic E-state index is 10.7. The van der Waals surface area contributed by atoms with Crippen molar-refractivity contribution in [2.24, 2.45) is 0 Å². The first-order chi connectivity index (χ1) is 66.8. The van der Waals surface area contributed by atoms with Crippen LogP contribution in [0.15, 0.2) is 449 Å². The number of aryl methyl sites for hydroxylation is 1. The average Bonchev–Trinajstić information content (AvgIpc) is 1.63. The number of fused-ring (bicyclic) bond motifs is 4. The number of nitrogens with zero attached hydrogens (tertiary/aromatic N) is 5. The zero-order valence-electron chi connectivity index (χ0n) is 73.5. The average molecular weight is 1830 g/mol. The minimum Gasteiger partial charge on any atom is -0.507 e. The Balaban J connectivity index is 0.000000165. The highest BCUT2D eigenvalue weighted by molar-refractivity contribution is 7.80. The lowest BCUT2D eigenvalue weighted by molar-refractivity contribution is 0.108. The number of carbonyl (C=O) groups excluding carboxylic acids is 1. The SMILES string of the molecule is CF.CF.Cc1ccc2ccccc2c1-c1nc(-c2ccccc2)c(-c2ccccc2)n1Cc1ccccc1.FF.FF.FF.FF.O=Cc1c(O)ccc2ccccc12.Oc1ccc2ccccc2c1-c1nc(-c2ccccc2)c(-c2ccccc2)[nH]1.c1ccc(Cn2c(-c3c(P(c4ccccc4)c4ccccc4)ccc4ccccc34)nc(-c3ccccc3)c2-c2ccccc2)cc1. The smallest absolute Gasteiger partial charge is 0.154 e. The number of rotatable bonds is 17. The van der Waals surface area contributed by atoms with Crippen LogP contribution in [0.5, 0.6) is 11.5 Å². The molecule has 3 heterocycles. The molecule has 0 bridgehead atoms. The lowest BCUT2D eigenvalue weighted by atomic mass is 9.99. The molecule has 0 spiro atoms. The van der Waals surface area contributed by atoms with Gasteiger partial charge in [-0.3, -0.25) is 13.6 Å². The topological polar surface area (TPSA) is 122 Å².